The highest BCUT2D eigenvalue weighted by atomic mass is 16.6. The minimum atomic E-state index is -0.605. The molecule has 0 bridgehead atoms. The second kappa shape index (κ2) is 8.68. The van der Waals surface area contributed by atoms with E-state index in [1.54, 1.807) is 12.3 Å². The number of ether oxygens (including phenoxy) is 1. The molecule has 1 N–H and O–H groups in total. The molecule has 0 aliphatic carbocycles. The summed E-state index contributed by atoms with van der Waals surface area (Å²) in [5.74, 6) is 0.227. The van der Waals surface area contributed by atoms with Gasteiger partial charge in [-0.05, 0) is 50.2 Å². The van der Waals surface area contributed by atoms with Crippen molar-refractivity contribution in [3.05, 3.63) is 58.0 Å². The highest BCUT2D eigenvalue weighted by Crippen LogP contribution is 2.29. The number of piperidine rings is 1. The van der Waals surface area contributed by atoms with E-state index in [-0.39, 0.29) is 17.3 Å². The van der Waals surface area contributed by atoms with Crippen molar-refractivity contribution in [1.29, 1.82) is 0 Å². The maximum absolute atomic E-state index is 11.6. The summed E-state index contributed by atoms with van der Waals surface area (Å²) in [6.07, 6.45) is 5.12. The molecule has 1 aliphatic rings. The van der Waals surface area contributed by atoms with E-state index in [1.807, 2.05) is 12.1 Å². The fourth-order valence-corrected chi connectivity index (χ4v) is 3.40. The van der Waals surface area contributed by atoms with Crippen LogP contribution in [-0.4, -0.2) is 42.5 Å². The van der Waals surface area contributed by atoms with Gasteiger partial charge in [-0.3, -0.25) is 15.0 Å². The third-order valence-electron chi connectivity index (χ3n) is 4.80. The van der Waals surface area contributed by atoms with Gasteiger partial charge in [0.25, 0.3) is 5.69 Å². The van der Waals surface area contributed by atoms with Crippen molar-refractivity contribution in [3.63, 3.8) is 0 Å². The highest BCUT2D eigenvalue weighted by Gasteiger charge is 2.26. The van der Waals surface area contributed by atoms with Crippen LogP contribution >= 0.6 is 0 Å². The largest absolute Gasteiger partial charge is 0.468 e. The molecule has 0 saturated carbocycles. The predicted molar refractivity (Wildman–Crippen MR) is 99.8 cm³/mol. The molecule has 27 heavy (non-hydrogen) atoms. The monoisotopic (exact) mass is 373 g/mol. The Hall–Kier alpha value is -2.87. The standard InChI is InChI=1S/C19H23N3O5/c1-26-19(23)14-7-8-15(16(12-14)22(24)25)20-13-17(18-6-5-11-27-18)21-9-3-2-4-10-21/h5-8,11-12,17,20H,2-4,9-10,13H2,1H3/t17-/m1/s1. The smallest absolute Gasteiger partial charge is 0.338 e. The molecule has 144 valence electrons. The van der Waals surface area contributed by atoms with Crippen LogP contribution in [0.1, 0.15) is 41.4 Å². The van der Waals surface area contributed by atoms with Gasteiger partial charge in [-0.25, -0.2) is 4.79 Å². The molecule has 1 atom stereocenters. The summed E-state index contributed by atoms with van der Waals surface area (Å²) in [7, 11) is 1.24. The van der Waals surface area contributed by atoms with Gasteiger partial charge in [0.15, 0.2) is 0 Å². The Balaban J connectivity index is 1.80. The molecule has 2 aromatic rings. The van der Waals surface area contributed by atoms with Crippen LogP contribution in [0.4, 0.5) is 11.4 Å². The van der Waals surface area contributed by atoms with Crippen molar-refractivity contribution in [3.8, 4) is 0 Å². The first-order valence-electron chi connectivity index (χ1n) is 8.98. The van der Waals surface area contributed by atoms with Crippen molar-refractivity contribution in [2.45, 2.75) is 25.3 Å². The van der Waals surface area contributed by atoms with Gasteiger partial charge < -0.3 is 14.5 Å². The van der Waals surface area contributed by atoms with Crippen LogP contribution in [0.2, 0.25) is 0 Å². The van der Waals surface area contributed by atoms with E-state index in [9.17, 15) is 14.9 Å². The Bertz CT molecular complexity index is 785. The Morgan fingerprint density at radius 3 is 2.74 bits per heavy atom. The van der Waals surface area contributed by atoms with E-state index in [0.717, 1.165) is 31.7 Å². The third kappa shape index (κ3) is 4.46. The van der Waals surface area contributed by atoms with Crippen molar-refractivity contribution in [1.82, 2.24) is 4.90 Å². The van der Waals surface area contributed by atoms with Gasteiger partial charge in [-0.2, -0.15) is 0 Å². The number of furan rings is 1. The summed E-state index contributed by atoms with van der Waals surface area (Å²) in [4.78, 5) is 24.9. The molecule has 0 spiro atoms. The SMILES string of the molecule is COC(=O)c1ccc(NC[C@H](c2ccco2)N2CCCCC2)c([N+](=O)[O-])c1. The Morgan fingerprint density at radius 1 is 1.33 bits per heavy atom. The van der Waals surface area contributed by atoms with Crippen LogP contribution in [0, 0.1) is 10.1 Å². The third-order valence-corrected chi connectivity index (χ3v) is 4.80. The lowest BCUT2D eigenvalue weighted by atomic mass is 10.1. The Labute approximate surface area is 157 Å². The van der Waals surface area contributed by atoms with Crippen LogP contribution in [0.3, 0.4) is 0 Å². The van der Waals surface area contributed by atoms with Gasteiger partial charge in [0.05, 0.1) is 29.9 Å². The lowest BCUT2D eigenvalue weighted by molar-refractivity contribution is -0.384. The van der Waals surface area contributed by atoms with Gasteiger partial charge in [0.2, 0.25) is 0 Å². The van der Waals surface area contributed by atoms with Gasteiger partial charge in [-0.1, -0.05) is 6.42 Å². The molecule has 1 fully saturated rings. The molecule has 0 amide bonds. The Kier molecular flexibility index (Phi) is 6.08. The molecule has 8 nitrogen and oxygen atoms in total. The molecule has 2 heterocycles. The summed E-state index contributed by atoms with van der Waals surface area (Å²) in [6.45, 7) is 2.40. The minimum absolute atomic E-state index is 0.0137. The van der Waals surface area contributed by atoms with Crippen molar-refractivity contribution >= 4 is 17.3 Å². The molecule has 3 rings (SSSR count). The van der Waals surface area contributed by atoms with Gasteiger partial charge in [0.1, 0.15) is 11.4 Å². The lowest BCUT2D eigenvalue weighted by Gasteiger charge is -2.33. The topological polar surface area (TPSA) is 97.8 Å². The first-order chi connectivity index (χ1) is 13.1. The zero-order valence-corrected chi connectivity index (χ0v) is 15.2. The van der Waals surface area contributed by atoms with E-state index in [0.29, 0.717) is 12.2 Å². The van der Waals surface area contributed by atoms with Crippen molar-refractivity contribution < 1.29 is 18.9 Å². The number of methoxy groups -OCH3 is 1. The summed E-state index contributed by atoms with van der Waals surface area (Å²) < 4.78 is 10.2. The number of hydrogen-bond acceptors (Lipinski definition) is 7. The summed E-state index contributed by atoms with van der Waals surface area (Å²) in [5, 5.41) is 14.6. The lowest BCUT2D eigenvalue weighted by Crippen LogP contribution is -2.37. The molecule has 0 unspecified atom stereocenters. The number of rotatable bonds is 7. The molecule has 1 aromatic carbocycles. The second-order valence-electron chi connectivity index (χ2n) is 6.49. The predicted octanol–water partition coefficient (Wildman–Crippen LogP) is 3.61. The molecule has 8 heteroatoms. The van der Waals surface area contributed by atoms with Crippen LogP contribution in [-0.2, 0) is 4.74 Å². The average Bonchev–Trinajstić information content (AvgIpc) is 3.23. The number of nitro groups is 1. The normalized spacial score (nSPS) is 15.9. The summed E-state index contributed by atoms with van der Waals surface area (Å²) in [5.41, 5.74) is 0.351. The highest BCUT2D eigenvalue weighted by molar-refractivity contribution is 5.91. The number of anilines is 1. The van der Waals surface area contributed by atoms with E-state index in [1.165, 1.54) is 25.7 Å². The number of benzene rings is 1. The van der Waals surface area contributed by atoms with Crippen LogP contribution in [0.25, 0.3) is 0 Å². The fourth-order valence-electron chi connectivity index (χ4n) is 3.40. The van der Waals surface area contributed by atoms with Crippen LogP contribution in [0.5, 0.6) is 0 Å². The van der Waals surface area contributed by atoms with E-state index >= 15 is 0 Å². The zero-order chi connectivity index (χ0) is 19.2. The van der Waals surface area contributed by atoms with Gasteiger partial charge >= 0.3 is 5.97 Å². The number of nitrogens with one attached hydrogen (secondary N) is 1. The van der Waals surface area contributed by atoms with Gasteiger partial charge in [-0.15, -0.1) is 0 Å². The fraction of sp³-hybridized carbons (Fsp3) is 0.421. The average molecular weight is 373 g/mol. The molecular weight excluding hydrogens is 350 g/mol. The number of hydrogen-bond donors (Lipinski definition) is 1. The maximum atomic E-state index is 11.6. The number of likely N-dealkylation sites (tertiary alicyclic amines) is 1. The quantitative estimate of drug-likeness (QED) is 0.450. The zero-order valence-electron chi connectivity index (χ0n) is 15.2. The number of esters is 1. The summed E-state index contributed by atoms with van der Waals surface area (Å²) in [6, 6.07) is 8.05. The van der Waals surface area contributed by atoms with Crippen molar-refractivity contribution in [2.24, 2.45) is 0 Å². The minimum Gasteiger partial charge on any atom is -0.468 e. The molecule has 1 aliphatic heterocycles. The first kappa shape index (κ1) is 18.9. The van der Waals surface area contributed by atoms with Gasteiger partial charge in [0, 0.05) is 12.6 Å². The number of nitro benzene ring substituents is 1. The molecule has 1 aromatic heterocycles. The number of carbonyl (C=O) groups excluding carboxylic acids is 1. The number of carbonyl (C=O) groups is 1. The summed E-state index contributed by atoms with van der Waals surface area (Å²) >= 11 is 0. The Morgan fingerprint density at radius 2 is 2.11 bits per heavy atom. The number of nitrogens with zero attached hydrogens (tertiary/aromatic N) is 2. The van der Waals surface area contributed by atoms with Crippen molar-refractivity contribution in [2.75, 3.05) is 32.1 Å². The van der Waals surface area contributed by atoms with E-state index < -0.39 is 10.9 Å². The molecular formula is C19H23N3O5. The van der Waals surface area contributed by atoms with E-state index in [2.05, 4.69) is 15.0 Å². The van der Waals surface area contributed by atoms with Crippen LogP contribution < -0.4 is 5.32 Å². The maximum Gasteiger partial charge on any atom is 0.338 e. The molecule has 0 radical (unpaired) electrons. The first-order valence-corrected chi connectivity index (χ1v) is 8.98. The van der Waals surface area contributed by atoms with Crippen LogP contribution in [0.15, 0.2) is 41.0 Å². The molecule has 1 saturated heterocycles. The van der Waals surface area contributed by atoms with E-state index in [4.69, 9.17) is 4.42 Å². The second-order valence-corrected chi connectivity index (χ2v) is 6.49.